The lowest BCUT2D eigenvalue weighted by molar-refractivity contribution is -0.211. The van der Waals surface area contributed by atoms with Gasteiger partial charge in [-0.3, -0.25) is 0 Å². The maximum atomic E-state index is 9.25. The summed E-state index contributed by atoms with van der Waals surface area (Å²) in [7, 11) is 0. The van der Waals surface area contributed by atoms with Gasteiger partial charge in [-0.25, -0.2) is 0 Å². The van der Waals surface area contributed by atoms with Gasteiger partial charge in [-0.15, -0.1) is 0 Å². The molecule has 4 aliphatic carbocycles. The van der Waals surface area contributed by atoms with Crippen molar-refractivity contribution >= 4 is 0 Å². The summed E-state index contributed by atoms with van der Waals surface area (Å²) < 4.78 is 12.3. The number of allylic oxidation sites excluding steroid dienone is 2. The average molecular weight is 398 g/mol. The molecule has 1 heterocycles. The first kappa shape index (κ1) is 20.1. The monoisotopic (exact) mass is 397 g/mol. The topological polar surface area (TPSA) is 42.2 Å². The van der Waals surface area contributed by atoms with Crippen LogP contribution in [-0.4, -0.2) is 19.0 Å². The lowest BCUT2D eigenvalue weighted by atomic mass is 9.45. The predicted molar refractivity (Wildman–Crippen MR) is 114 cm³/mol. The number of rotatable bonds is 2. The van der Waals surface area contributed by atoms with E-state index in [1.807, 2.05) is 6.08 Å². The number of hydrogen-bond acceptors (Lipinski definition) is 3. The van der Waals surface area contributed by atoms with Crippen LogP contribution in [0.1, 0.15) is 90.9 Å². The number of ether oxygens (including phenoxy) is 2. The van der Waals surface area contributed by atoms with E-state index in [2.05, 4.69) is 19.9 Å². The summed E-state index contributed by atoms with van der Waals surface area (Å²) in [4.78, 5) is 0. The Bertz CT molecular complexity index is 689. The molecule has 0 aromatic rings. The van der Waals surface area contributed by atoms with E-state index < -0.39 is 0 Å². The molecule has 1 saturated heterocycles. The molecular formula is C26H39NO2. The van der Waals surface area contributed by atoms with E-state index in [0.29, 0.717) is 16.9 Å². The molecule has 0 unspecified atom stereocenters. The Labute approximate surface area is 177 Å². The molecule has 0 amide bonds. The van der Waals surface area contributed by atoms with Gasteiger partial charge in [0.2, 0.25) is 0 Å². The maximum Gasteiger partial charge on any atom is 0.157 e. The molecule has 0 aromatic heterocycles. The second-order valence-corrected chi connectivity index (χ2v) is 11.3. The molecule has 0 N–H and O–H groups in total. The van der Waals surface area contributed by atoms with Gasteiger partial charge in [0.1, 0.15) is 0 Å². The minimum absolute atomic E-state index is 0.0636. The fourth-order valence-electron chi connectivity index (χ4n) is 8.54. The standard InChI is InChI=1S/C26H39NO2/c1-25-14-11-23-21(22(25)9-7-18(25)12-15-27)8-6-19-17-20(10-13-26(19,23)2)29-24-5-3-4-16-28-24/h12,19-24H,3-11,13-14,16-17H2,1-2H3/b18-12-/t19-,20-,21-,22-,23-,24+,25+,26-/m0/s1. The molecule has 0 radical (unpaired) electrons. The highest BCUT2D eigenvalue weighted by molar-refractivity contribution is 5.28. The van der Waals surface area contributed by atoms with E-state index in [1.54, 1.807) is 0 Å². The molecule has 5 aliphatic rings. The zero-order valence-corrected chi connectivity index (χ0v) is 18.5. The summed E-state index contributed by atoms with van der Waals surface area (Å²) in [5.74, 6) is 3.39. The van der Waals surface area contributed by atoms with Crippen molar-refractivity contribution in [3.05, 3.63) is 11.6 Å². The summed E-state index contributed by atoms with van der Waals surface area (Å²) in [6.45, 7) is 5.99. The van der Waals surface area contributed by atoms with Crippen molar-refractivity contribution in [3.8, 4) is 6.07 Å². The molecule has 3 heteroatoms. The quantitative estimate of drug-likeness (QED) is 0.400. The highest BCUT2D eigenvalue weighted by Crippen LogP contribution is 2.67. The van der Waals surface area contributed by atoms with Crippen LogP contribution >= 0.6 is 0 Å². The van der Waals surface area contributed by atoms with Crippen molar-refractivity contribution in [1.29, 1.82) is 5.26 Å². The Morgan fingerprint density at radius 1 is 1.03 bits per heavy atom. The van der Waals surface area contributed by atoms with Crippen LogP contribution in [0.15, 0.2) is 11.6 Å². The van der Waals surface area contributed by atoms with E-state index in [9.17, 15) is 5.26 Å². The fourth-order valence-corrected chi connectivity index (χ4v) is 8.54. The van der Waals surface area contributed by atoms with Gasteiger partial charge in [-0.1, -0.05) is 19.4 Å². The maximum absolute atomic E-state index is 9.25. The van der Waals surface area contributed by atoms with Crippen molar-refractivity contribution in [3.63, 3.8) is 0 Å². The first-order valence-electron chi connectivity index (χ1n) is 12.4. The summed E-state index contributed by atoms with van der Waals surface area (Å²) in [5, 5.41) is 9.25. The SMILES string of the molecule is C[C@]12CC[C@H](O[C@@H]3CCCCO3)C[C@@H]1CC[C@@H]1[C@@H]2CC[C@]2(C)/C(=C\C#N)CC[C@@H]12. The lowest BCUT2D eigenvalue weighted by Gasteiger charge is -2.60. The van der Waals surface area contributed by atoms with Crippen LogP contribution in [0.5, 0.6) is 0 Å². The molecule has 3 nitrogen and oxygen atoms in total. The molecule has 0 aromatic carbocycles. The van der Waals surface area contributed by atoms with Crippen LogP contribution in [0.3, 0.4) is 0 Å². The van der Waals surface area contributed by atoms with E-state index in [0.717, 1.165) is 43.1 Å². The highest BCUT2D eigenvalue weighted by Gasteiger charge is 2.59. The molecule has 29 heavy (non-hydrogen) atoms. The molecule has 1 aliphatic heterocycles. The number of fused-ring (bicyclic) bond motifs is 5. The lowest BCUT2D eigenvalue weighted by Crippen LogP contribution is -2.53. The third kappa shape index (κ3) is 3.30. The number of nitriles is 1. The molecule has 8 atom stereocenters. The third-order valence-corrected chi connectivity index (χ3v) is 10.2. The first-order valence-corrected chi connectivity index (χ1v) is 12.4. The zero-order chi connectivity index (χ0) is 20.1. The fraction of sp³-hybridized carbons (Fsp3) is 0.885. The van der Waals surface area contributed by atoms with Crippen molar-refractivity contribution in [1.82, 2.24) is 0 Å². The summed E-state index contributed by atoms with van der Waals surface area (Å²) in [6.07, 6.45) is 17.6. The third-order valence-electron chi connectivity index (χ3n) is 10.2. The van der Waals surface area contributed by atoms with Gasteiger partial charge in [0.25, 0.3) is 0 Å². The Morgan fingerprint density at radius 2 is 1.93 bits per heavy atom. The molecule has 4 saturated carbocycles. The Hall–Kier alpha value is -0.850. The number of nitrogens with zero attached hydrogens (tertiary/aromatic N) is 1. The summed E-state index contributed by atoms with van der Waals surface area (Å²) in [6, 6.07) is 2.34. The van der Waals surface area contributed by atoms with Gasteiger partial charge in [-0.05, 0) is 112 Å². The molecule has 5 fully saturated rings. The van der Waals surface area contributed by atoms with Crippen molar-refractivity contribution in [2.45, 2.75) is 103 Å². The van der Waals surface area contributed by atoms with Crippen LogP contribution in [-0.2, 0) is 9.47 Å². The largest absolute Gasteiger partial charge is 0.353 e. The van der Waals surface area contributed by atoms with E-state index in [-0.39, 0.29) is 6.29 Å². The molecule has 0 spiro atoms. The second kappa shape index (κ2) is 7.69. The van der Waals surface area contributed by atoms with Crippen molar-refractivity contribution in [2.24, 2.45) is 34.5 Å². The normalized spacial score (nSPS) is 51.0. The van der Waals surface area contributed by atoms with Crippen LogP contribution in [0.2, 0.25) is 0 Å². The van der Waals surface area contributed by atoms with E-state index >= 15 is 0 Å². The smallest absolute Gasteiger partial charge is 0.157 e. The van der Waals surface area contributed by atoms with Gasteiger partial charge in [0, 0.05) is 12.7 Å². The van der Waals surface area contributed by atoms with E-state index in [1.165, 1.54) is 69.8 Å². The van der Waals surface area contributed by atoms with E-state index in [4.69, 9.17) is 9.47 Å². The molecule has 0 bridgehead atoms. The molecule has 160 valence electrons. The van der Waals surface area contributed by atoms with Crippen LogP contribution < -0.4 is 0 Å². The van der Waals surface area contributed by atoms with Gasteiger partial charge >= 0.3 is 0 Å². The van der Waals surface area contributed by atoms with Crippen LogP contribution in [0.4, 0.5) is 0 Å². The Morgan fingerprint density at radius 3 is 2.72 bits per heavy atom. The Kier molecular flexibility index (Phi) is 5.32. The van der Waals surface area contributed by atoms with Crippen LogP contribution in [0, 0.1) is 45.8 Å². The Balaban J connectivity index is 1.29. The minimum Gasteiger partial charge on any atom is -0.353 e. The summed E-state index contributed by atoms with van der Waals surface area (Å²) >= 11 is 0. The minimum atomic E-state index is 0.0636. The predicted octanol–water partition coefficient (Wildman–Crippen LogP) is 6.39. The highest BCUT2D eigenvalue weighted by atomic mass is 16.7. The average Bonchev–Trinajstić information content (AvgIpc) is 3.06. The first-order chi connectivity index (χ1) is 14.0. The van der Waals surface area contributed by atoms with Gasteiger partial charge in [0.15, 0.2) is 6.29 Å². The van der Waals surface area contributed by atoms with Crippen molar-refractivity contribution in [2.75, 3.05) is 6.61 Å². The van der Waals surface area contributed by atoms with Gasteiger partial charge in [-0.2, -0.15) is 5.26 Å². The van der Waals surface area contributed by atoms with Gasteiger partial charge in [0.05, 0.1) is 12.2 Å². The molecule has 5 rings (SSSR count). The summed E-state index contributed by atoms with van der Waals surface area (Å²) in [5.41, 5.74) is 2.26. The molecular weight excluding hydrogens is 358 g/mol. The second-order valence-electron chi connectivity index (χ2n) is 11.3. The van der Waals surface area contributed by atoms with Gasteiger partial charge < -0.3 is 9.47 Å². The zero-order valence-electron chi connectivity index (χ0n) is 18.5. The van der Waals surface area contributed by atoms with Crippen molar-refractivity contribution < 1.29 is 9.47 Å². The number of hydrogen-bond donors (Lipinski definition) is 0. The van der Waals surface area contributed by atoms with Crippen LogP contribution in [0.25, 0.3) is 0 Å².